The fourth-order valence-electron chi connectivity index (χ4n) is 5.83. The Morgan fingerprint density at radius 3 is 2.30 bits per heavy atom. The number of rotatable bonds is 14. The second kappa shape index (κ2) is 15.4. The number of ether oxygens (including phenoxy) is 2. The number of methoxy groups -OCH3 is 1. The van der Waals surface area contributed by atoms with Gasteiger partial charge < -0.3 is 19.7 Å². The van der Waals surface area contributed by atoms with Crippen molar-refractivity contribution in [2.45, 2.75) is 38.1 Å². The molecule has 1 atom stereocenters. The van der Waals surface area contributed by atoms with Gasteiger partial charge in [0.25, 0.3) is 0 Å². The zero-order valence-corrected chi connectivity index (χ0v) is 25.8. The monoisotopic (exact) mass is 610 g/mol. The largest absolute Gasteiger partial charge is 0.492 e. The summed E-state index contributed by atoms with van der Waals surface area (Å²) < 4.78 is 11.2. The second-order valence-electron chi connectivity index (χ2n) is 11.2. The Balaban J connectivity index is 1.22. The number of nitrogens with one attached hydrogen (secondary N) is 1. The Bertz CT molecular complexity index is 1520. The van der Waals surface area contributed by atoms with Crippen molar-refractivity contribution in [2.75, 3.05) is 37.0 Å². The molecule has 0 heterocycles. The highest BCUT2D eigenvalue weighted by atomic mass is 35.5. The smallest absolute Gasteiger partial charge is 0.328 e. The van der Waals surface area contributed by atoms with Crippen LogP contribution in [0, 0.1) is 5.92 Å². The van der Waals surface area contributed by atoms with Gasteiger partial charge in [0.05, 0.1) is 24.4 Å². The quantitative estimate of drug-likeness (QED) is 0.116. The molecule has 1 unspecified atom stereocenters. The van der Waals surface area contributed by atoms with Crippen molar-refractivity contribution >= 4 is 34.7 Å². The van der Waals surface area contributed by atoms with Crippen LogP contribution in [0.25, 0.3) is 0 Å². The van der Waals surface area contributed by atoms with E-state index in [4.69, 9.17) is 21.1 Å². The van der Waals surface area contributed by atoms with Gasteiger partial charge in [0.15, 0.2) is 5.78 Å². The van der Waals surface area contributed by atoms with E-state index in [0.29, 0.717) is 35.8 Å². The molecule has 1 aliphatic rings. The molecule has 6 nitrogen and oxygen atoms in total. The van der Waals surface area contributed by atoms with Crippen LogP contribution >= 0.6 is 11.6 Å². The van der Waals surface area contributed by atoms with E-state index >= 15 is 0 Å². The first-order chi connectivity index (χ1) is 21.5. The number of nitrogens with zero attached hydrogens (tertiary/aromatic N) is 1. The van der Waals surface area contributed by atoms with Gasteiger partial charge in [-0.1, -0.05) is 91.2 Å². The third kappa shape index (κ3) is 8.20. The Morgan fingerprint density at radius 2 is 1.57 bits per heavy atom. The molecule has 1 N–H and O–H groups in total. The normalized spacial score (nSPS) is 13.7. The Kier molecular flexibility index (Phi) is 10.9. The number of halogens is 1. The van der Waals surface area contributed by atoms with Crippen LogP contribution in [0.4, 0.5) is 11.4 Å². The van der Waals surface area contributed by atoms with E-state index in [0.717, 1.165) is 35.1 Å². The fourth-order valence-corrected chi connectivity index (χ4v) is 6.08. The first-order valence-electron chi connectivity index (χ1n) is 15.3. The van der Waals surface area contributed by atoms with E-state index < -0.39 is 12.0 Å². The highest BCUT2D eigenvalue weighted by Crippen LogP contribution is 2.31. The first kappa shape index (κ1) is 31.1. The lowest BCUT2D eigenvalue weighted by Crippen LogP contribution is -2.33. The van der Waals surface area contributed by atoms with Crippen molar-refractivity contribution in [3.05, 3.63) is 125 Å². The van der Waals surface area contributed by atoms with Crippen molar-refractivity contribution in [2.24, 2.45) is 5.92 Å². The maximum absolute atomic E-state index is 13.2. The molecule has 1 saturated carbocycles. The van der Waals surface area contributed by atoms with E-state index in [-0.39, 0.29) is 5.78 Å². The third-order valence-corrected chi connectivity index (χ3v) is 8.48. The average molecular weight is 611 g/mol. The lowest BCUT2D eigenvalue weighted by atomic mass is 10.00. The summed E-state index contributed by atoms with van der Waals surface area (Å²) in [5, 5.41) is 4.03. The molecule has 228 valence electrons. The molecule has 0 radical (unpaired) electrons. The van der Waals surface area contributed by atoms with Gasteiger partial charge in [-0.3, -0.25) is 4.79 Å². The third-order valence-electron chi connectivity index (χ3n) is 8.16. The summed E-state index contributed by atoms with van der Waals surface area (Å²) in [7, 11) is 1.37. The number of benzene rings is 4. The topological polar surface area (TPSA) is 67.9 Å². The summed E-state index contributed by atoms with van der Waals surface area (Å²) in [5.74, 6) is 0.921. The maximum Gasteiger partial charge on any atom is 0.328 e. The first-order valence-corrected chi connectivity index (χ1v) is 15.6. The minimum atomic E-state index is -0.684. The molecule has 4 aromatic carbocycles. The fraction of sp³-hybridized carbons (Fsp3) is 0.297. The molecule has 1 fully saturated rings. The molecule has 44 heavy (non-hydrogen) atoms. The van der Waals surface area contributed by atoms with Gasteiger partial charge in [-0.05, 0) is 60.7 Å². The SMILES string of the molecule is COC(=O)C(Cc1ccc(OCCN(CC2CCCC2)c2ccccc2Cl)cc1)Nc1ccccc1C(=O)c1ccccc1. The number of esters is 1. The van der Waals surface area contributed by atoms with Crippen LogP contribution in [0.3, 0.4) is 0 Å². The van der Waals surface area contributed by atoms with E-state index in [1.165, 1.54) is 32.8 Å². The minimum Gasteiger partial charge on any atom is -0.492 e. The van der Waals surface area contributed by atoms with Gasteiger partial charge >= 0.3 is 5.97 Å². The van der Waals surface area contributed by atoms with Crippen LogP contribution in [-0.4, -0.2) is 44.6 Å². The van der Waals surface area contributed by atoms with Crippen molar-refractivity contribution in [1.82, 2.24) is 0 Å². The predicted molar refractivity (Wildman–Crippen MR) is 177 cm³/mol. The number of carbonyl (C=O) groups is 2. The summed E-state index contributed by atoms with van der Waals surface area (Å²) in [6, 6.07) is 31.4. The zero-order chi connectivity index (χ0) is 30.7. The number of hydrogen-bond donors (Lipinski definition) is 1. The van der Waals surface area contributed by atoms with Crippen LogP contribution in [0.5, 0.6) is 5.75 Å². The summed E-state index contributed by atoms with van der Waals surface area (Å²) in [4.78, 5) is 28.4. The van der Waals surface area contributed by atoms with Gasteiger partial charge in [0.2, 0.25) is 0 Å². The standard InChI is InChI=1S/C37H39ClN2O4/c1-43-37(42)34(39-33-17-9-7-15-31(33)36(41)29-13-3-2-4-14-29)25-27-19-21-30(22-20-27)44-24-23-40(26-28-11-5-6-12-28)35-18-10-8-16-32(35)38/h2-4,7-10,13-22,28,34,39H,5-6,11-12,23-26H2,1H3. The number of para-hydroxylation sites is 2. The van der Waals surface area contributed by atoms with Gasteiger partial charge in [0.1, 0.15) is 18.4 Å². The molecule has 7 heteroatoms. The maximum atomic E-state index is 13.2. The van der Waals surface area contributed by atoms with Crippen LogP contribution < -0.4 is 15.0 Å². The predicted octanol–water partition coefficient (Wildman–Crippen LogP) is 7.84. The Hall–Kier alpha value is -4.29. The van der Waals surface area contributed by atoms with Gasteiger partial charge in [-0.2, -0.15) is 0 Å². The number of ketones is 1. The molecular formula is C37H39ClN2O4. The molecule has 0 amide bonds. The molecule has 4 aromatic rings. The van der Waals surface area contributed by atoms with Crippen molar-refractivity contribution in [3.63, 3.8) is 0 Å². The van der Waals surface area contributed by atoms with E-state index in [1.54, 1.807) is 18.2 Å². The van der Waals surface area contributed by atoms with E-state index in [9.17, 15) is 9.59 Å². The van der Waals surface area contributed by atoms with Crippen molar-refractivity contribution in [1.29, 1.82) is 0 Å². The average Bonchev–Trinajstić information content (AvgIpc) is 3.58. The molecule has 0 spiro atoms. The molecule has 0 aliphatic heterocycles. The molecule has 1 aliphatic carbocycles. The summed E-state index contributed by atoms with van der Waals surface area (Å²) >= 11 is 6.56. The lowest BCUT2D eigenvalue weighted by molar-refractivity contribution is -0.141. The van der Waals surface area contributed by atoms with Gasteiger partial charge in [-0.15, -0.1) is 0 Å². The summed E-state index contributed by atoms with van der Waals surface area (Å²) in [6.45, 7) is 2.24. The molecule has 0 saturated heterocycles. The number of carbonyl (C=O) groups excluding carboxylic acids is 2. The van der Waals surface area contributed by atoms with Gasteiger partial charge in [0, 0.05) is 29.8 Å². The Labute approximate surface area is 265 Å². The van der Waals surface area contributed by atoms with Crippen LogP contribution in [0.2, 0.25) is 5.02 Å². The lowest BCUT2D eigenvalue weighted by Gasteiger charge is -2.28. The van der Waals surface area contributed by atoms with Crippen LogP contribution in [0.1, 0.15) is 47.2 Å². The minimum absolute atomic E-state index is 0.116. The highest BCUT2D eigenvalue weighted by Gasteiger charge is 2.23. The molecule has 0 aromatic heterocycles. The van der Waals surface area contributed by atoms with Crippen molar-refractivity contribution < 1.29 is 19.1 Å². The Morgan fingerprint density at radius 1 is 0.886 bits per heavy atom. The summed E-state index contributed by atoms with van der Waals surface area (Å²) in [5.41, 5.74) is 3.65. The van der Waals surface area contributed by atoms with Gasteiger partial charge in [-0.25, -0.2) is 4.79 Å². The zero-order valence-electron chi connectivity index (χ0n) is 25.1. The molecular weight excluding hydrogens is 572 g/mol. The van der Waals surface area contributed by atoms with Crippen LogP contribution in [-0.2, 0) is 16.0 Å². The molecule has 5 rings (SSSR count). The summed E-state index contributed by atoms with van der Waals surface area (Å²) in [6.07, 6.45) is 5.50. The highest BCUT2D eigenvalue weighted by molar-refractivity contribution is 6.33. The van der Waals surface area contributed by atoms with Crippen LogP contribution in [0.15, 0.2) is 103 Å². The number of anilines is 2. The van der Waals surface area contributed by atoms with E-state index in [1.807, 2.05) is 78.9 Å². The second-order valence-corrected chi connectivity index (χ2v) is 11.6. The number of hydrogen-bond acceptors (Lipinski definition) is 6. The van der Waals surface area contributed by atoms with Crippen molar-refractivity contribution in [3.8, 4) is 5.75 Å². The molecule has 0 bridgehead atoms. The van der Waals surface area contributed by atoms with E-state index in [2.05, 4.69) is 16.3 Å².